The summed E-state index contributed by atoms with van der Waals surface area (Å²) in [5.41, 5.74) is -0.0134. The van der Waals surface area contributed by atoms with Gasteiger partial charge in [0.25, 0.3) is 0 Å². The van der Waals surface area contributed by atoms with Crippen LogP contribution in [0, 0.1) is 5.41 Å². The molecule has 0 spiro atoms. The normalized spacial score (nSPS) is 22.4. The molecule has 0 aromatic carbocycles. The number of amides is 1. The summed E-state index contributed by atoms with van der Waals surface area (Å²) in [6.07, 6.45) is 0.952. The number of nitrogens with one attached hydrogen (secondary N) is 1. The van der Waals surface area contributed by atoms with Gasteiger partial charge in [0.15, 0.2) is 0 Å². The highest BCUT2D eigenvalue weighted by atomic mass is 32.2. The van der Waals surface area contributed by atoms with Gasteiger partial charge in [-0.05, 0) is 38.4 Å². The van der Waals surface area contributed by atoms with Gasteiger partial charge in [0.2, 0.25) is 0 Å². The Bertz CT molecular complexity index is 326. The number of hydrogen-bond donors (Lipinski definition) is 1. The SMILES string of the molecule is CN(CCNC1CSCC(C)(C)C1)C(=O)OC(C)(C)C. The molecular weight excluding hydrogens is 272 g/mol. The van der Waals surface area contributed by atoms with Crippen molar-refractivity contribution in [3.8, 4) is 0 Å². The van der Waals surface area contributed by atoms with E-state index in [9.17, 15) is 4.79 Å². The third kappa shape index (κ3) is 6.84. The van der Waals surface area contributed by atoms with Gasteiger partial charge < -0.3 is 15.0 Å². The number of likely N-dealkylation sites (N-methyl/N-ethyl adjacent to an activating group) is 1. The van der Waals surface area contributed by atoms with Crippen molar-refractivity contribution in [2.24, 2.45) is 5.41 Å². The lowest BCUT2D eigenvalue weighted by Crippen LogP contribution is -2.44. The zero-order valence-corrected chi connectivity index (χ0v) is 14.6. The van der Waals surface area contributed by atoms with Crippen LogP contribution in [0.4, 0.5) is 4.79 Å². The van der Waals surface area contributed by atoms with Crippen LogP contribution in [0.25, 0.3) is 0 Å². The molecule has 1 unspecified atom stereocenters. The van der Waals surface area contributed by atoms with Gasteiger partial charge in [-0.3, -0.25) is 0 Å². The highest BCUT2D eigenvalue weighted by molar-refractivity contribution is 7.99. The first-order valence-electron chi connectivity index (χ1n) is 7.34. The minimum Gasteiger partial charge on any atom is -0.444 e. The fourth-order valence-corrected chi connectivity index (χ4v) is 3.57. The van der Waals surface area contributed by atoms with Gasteiger partial charge >= 0.3 is 6.09 Å². The topological polar surface area (TPSA) is 41.6 Å². The maximum Gasteiger partial charge on any atom is 0.410 e. The lowest BCUT2D eigenvalue weighted by molar-refractivity contribution is 0.0299. The lowest BCUT2D eigenvalue weighted by Gasteiger charge is -2.35. The van der Waals surface area contributed by atoms with Crippen LogP contribution >= 0.6 is 11.8 Å². The summed E-state index contributed by atoms with van der Waals surface area (Å²) in [5, 5.41) is 3.56. The molecule has 1 aliphatic rings. The summed E-state index contributed by atoms with van der Waals surface area (Å²) in [5.74, 6) is 2.41. The average Bonchev–Trinajstić information content (AvgIpc) is 2.25. The zero-order valence-electron chi connectivity index (χ0n) is 13.8. The molecule has 1 fully saturated rings. The number of rotatable bonds is 4. The maximum atomic E-state index is 11.8. The minimum atomic E-state index is -0.428. The number of hydrogen-bond acceptors (Lipinski definition) is 4. The first kappa shape index (κ1) is 17.6. The monoisotopic (exact) mass is 302 g/mol. The molecule has 0 aromatic rings. The van der Waals surface area contributed by atoms with Gasteiger partial charge in [-0.15, -0.1) is 0 Å². The second-order valence-corrected chi connectivity index (χ2v) is 8.47. The van der Waals surface area contributed by atoms with Crippen molar-refractivity contribution >= 4 is 17.9 Å². The van der Waals surface area contributed by atoms with Gasteiger partial charge in [0.1, 0.15) is 5.60 Å². The third-order valence-corrected chi connectivity index (χ3v) is 4.82. The molecule has 0 aromatic heterocycles. The van der Waals surface area contributed by atoms with Crippen molar-refractivity contribution in [2.75, 3.05) is 31.6 Å². The molecule has 0 bridgehead atoms. The molecule has 1 amide bonds. The first-order valence-corrected chi connectivity index (χ1v) is 8.50. The van der Waals surface area contributed by atoms with E-state index >= 15 is 0 Å². The molecule has 0 radical (unpaired) electrons. The number of thioether (sulfide) groups is 1. The van der Waals surface area contributed by atoms with Crippen molar-refractivity contribution in [3.05, 3.63) is 0 Å². The molecule has 0 saturated carbocycles. The second-order valence-electron chi connectivity index (χ2n) is 7.44. The molecule has 1 heterocycles. The standard InChI is InChI=1S/C15H30N2O2S/c1-14(2,3)19-13(18)17(6)8-7-16-12-9-15(4,5)11-20-10-12/h12,16H,7-11H2,1-6H3. The average molecular weight is 302 g/mol. The Hall–Kier alpha value is -0.420. The zero-order chi connectivity index (χ0) is 15.4. The fraction of sp³-hybridized carbons (Fsp3) is 0.933. The van der Waals surface area contributed by atoms with Crippen LogP contribution in [0.5, 0.6) is 0 Å². The van der Waals surface area contributed by atoms with E-state index < -0.39 is 5.60 Å². The summed E-state index contributed by atoms with van der Waals surface area (Å²) >= 11 is 2.02. The molecule has 1 saturated heterocycles. The lowest BCUT2D eigenvalue weighted by atomic mass is 9.88. The van der Waals surface area contributed by atoms with Crippen LogP contribution in [0.15, 0.2) is 0 Å². The third-order valence-electron chi connectivity index (χ3n) is 3.20. The molecule has 5 heteroatoms. The highest BCUT2D eigenvalue weighted by Crippen LogP contribution is 2.33. The van der Waals surface area contributed by atoms with E-state index in [2.05, 4.69) is 19.2 Å². The van der Waals surface area contributed by atoms with E-state index in [0.717, 1.165) is 6.54 Å². The van der Waals surface area contributed by atoms with Crippen molar-refractivity contribution in [3.63, 3.8) is 0 Å². The Labute approximate surface area is 128 Å². The molecule has 20 heavy (non-hydrogen) atoms. The van der Waals surface area contributed by atoms with Crippen molar-refractivity contribution in [1.82, 2.24) is 10.2 Å². The van der Waals surface area contributed by atoms with Gasteiger partial charge in [0.05, 0.1) is 0 Å². The van der Waals surface area contributed by atoms with Gasteiger partial charge in [-0.1, -0.05) is 13.8 Å². The van der Waals surface area contributed by atoms with E-state index in [1.165, 1.54) is 17.9 Å². The number of ether oxygens (including phenoxy) is 1. The smallest absolute Gasteiger partial charge is 0.410 e. The van der Waals surface area contributed by atoms with Crippen LogP contribution in [-0.2, 0) is 4.74 Å². The Balaban J connectivity index is 2.25. The van der Waals surface area contributed by atoms with Crippen LogP contribution in [0.2, 0.25) is 0 Å². The van der Waals surface area contributed by atoms with Crippen LogP contribution in [-0.4, -0.2) is 54.3 Å². The number of carbonyl (C=O) groups excluding carboxylic acids is 1. The highest BCUT2D eigenvalue weighted by Gasteiger charge is 2.28. The molecule has 0 aliphatic carbocycles. The molecular formula is C15H30N2O2S. The Kier molecular flexibility index (Phi) is 6.20. The van der Waals surface area contributed by atoms with Crippen LogP contribution in [0.1, 0.15) is 41.0 Å². The summed E-state index contributed by atoms with van der Waals surface area (Å²) in [6.45, 7) is 11.8. The second kappa shape index (κ2) is 7.03. The Morgan fingerprint density at radius 2 is 2.10 bits per heavy atom. The molecule has 1 aliphatic heterocycles. The summed E-state index contributed by atoms with van der Waals surface area (Å²) in [4.78, 5) is 13.5. The van der Waals surface area contributed by atoms with E-state index in [1.54, 1.807) is 11.9 Å². The molecule has 1 N–H and O–H groups in total. The fourth-order valence-electron chi connectivity index (χ4n) is 2.26. The van der Waals surface area contributed by atoms with Gasteiger partial charge in [0, 0.05) is 31.9 Å². The Morgan fingerprint density at radius 1 is 1.45 bits per heavy atom. The summed E-state index contributed by atoms with van der Waals surface area (Å²) in [7, 11) is 1.79. The predicted octanol–water partition coefficient (Wildman–Crippen LogP) is 2.97. The van der Waals surface area contributed by atoms with E-state index in [1.807, 2.05) is 32.5 Å². The van der Waals surface area contributed by atoms with Crippen LogP contribution in [0.3, 0.4) is 0 Å². The summed E-state index contributed by atoms with van der Waals surface area (Å²) < 4.78 is 5.33. The van der Waals surface area contributed by atoms with E-state index in [-0.39, 0.29) is 6.09 Å². The first-order chi connectivity index (χ1) is 9.09. The van der Waals surface area contributed by atoms with Gasteiger partial charge in [-0.25, -0.2) is 4.79 Å². The van der Waals surface area contributed by atoms with Gasteiger partial charge in [-0.2, -0.15) is 11.8 Å². The Morgan fingerprint density at radius 3 is 2.65 bits per heavy atom. The van der Waals surface area contributed by atoms with E-state index in [4.69, 9.17) is 4.74 Å². The largest absolute Gasteiger partial charge is 0.444 e. The van der Waals surface area contributed by atoms with Crippen LogP contribution < -0.4 is 5.32 Å². The molecule has 118 valence electrons. The molecule has 1 rings (SSSR count). The molecule has 1 atom stereocenters. The van der Waals surface area contributed by atoms with Crippen molar-refractivity contribution in [1.29, 1.82) is 0 Å². The number of carbonyl (C=O) groups is 1. The quantitative estimate of drug-likeness (QED) is 0.867. The maximum absolute atomic E-state index is 11.8. The predicted molar refractivity (Wildman–Crippen MR) is 86.4 cm³/mol. The van der Waals surface area contributed by atoms with E-state index in [0.29, 0.717) is 18.0 Å². The number of nitrogens with zero attached hydrogens (tertiary/aromatic N) is 1. The molecule has 4 nitrogen and oxygen atoms in total. The van der Waals surface area contributed by atoms with Crippen molar-refractivity contribution < 1.29 is 9.53 Å². The minimum absolute atomic E-state index is 0.252. The summed E-state index contributed by atoms with van der Waals surface area (Å²) in [6, 6.07) is 0.552. The van der Waals surface area contributed by atoms with Crippen molar-refractivity contribution in [2.45, 2.75) is 52.7 Å².